The van der Waals surface area contributed by atoms with E-state index >= 15 is 0 Å². The number of carbonyl (C=O) groups is 2. The lowest BCUT2D eigenvalue weighted by Crippen LogP contribution is -2.34. The highest BCUT2D eigenvalue weighted by atomic mass is 32.2. The van der Waals surface area contributed by atoms with Crippen LogP contribution in [-0.4, -0.2) is 52.7 Å². The number of nitrogens with one attached hydrogen (secondary N) is 1. The van der Waals surface area contributed by atoms with Gasteiger partial charge in [-0.1, -0.05) is 12.1 Å². The average Bonchev–Trinajstić information content (AvgIpc) is 3.10. The maximum Gasteiger partial charge on any atom is 0.416 e. The number of aliphatic imine (C=N–C) groups is 1. The molecule has 0 aromatic heterocycles. The van der Waals surface area contributed by atoms with Crippen LogP contribution in [0, 0.1) is 5.92 Å². The van der Waals surface area contributed by atoms with Crippen molar-refractivity contribution in [1.29, 1.82) is 0 Å². The van der Waals surface area contributed by atoms with Crippen molar-refractivity contribution in [3.05, 3.63) is 45.9 Å². The summed E-state index contributed by atoms with van der Waals surface area (Å²) in [4.78, 5) is 29.3. The number of hydrogen-bond acceptors (Lipinski definition) is 6. The van der Waals surface area contributed by atoms with E-state index in [1.54, 1.807) is 11.0 Å². The third kappa shape index (κ3) is 6.98. The molecule has 1 atom stereocenters. The second-order valence-electron chi connectivity index (χ2n) is 8.10. The van der Waals surface area contributed by atoms with Gasteiger partial charge >= 0.3 is 12.4 Å². The molecule has 0 unspecified atom stereocenters. The minimum absolute atomic E-state index is 0.0532. The zero-order valence-electron chi connectivity index (χ0n) is 18.1. The quantitative estimate of drug-likeness (QED) is 0.494. The predicted octanol–water partition coefficient (Wildman–Crippen LogP) is 3.52. The molecule has 2 aliphatic heterocycles. The van der Waals surface area contributed by atoms with E-state index in [1.807, 2.05) is 0 Å². The van der Waals surface area contributed by atoms with Crippen LogP contribution in [0.3, 0.4) is 0 Å². The summed E-state index contributed by atoms with van der Waals surface area (Å²) in [6.07, 6.45) is -6.99. The molecule has 35 heavy (non-hydrogen) atoms. The Morgan fingerprint density at radius 1 is 1.23 bits per heavy atom. The summed E-state index contributed by atoms with van der Waals surface area (Å²) in [6, 6.07) is 0.433. The van der Waals surface area contributed by atoms with Crippen molar-refractivity contribution >= 4 is 28.7 Å². The zero-order valence-corrected chi connectivity index (χ0v) is 18.9. The number of nitrogens with zero attached hydrogens (tertiary/aromatic N) is 2. The molecule has 1 aromatic carbocycles. The highest BCUT2D eigenvalue weighted by Gasteiger charge is 2.38. The molecule has 2 amide bonds. The first kappa shape index (κ1) is 27.0. The minimum Gasteiger partial charge on any atom is -0.394 e. The van der Waals surface area contributed by atoms with E-state index in [-0.39, 0.29) is 29.9 Å². The first-order chi connectivity index (χ1) is 16.3. The molecule has 192 valence electrons. The van der Waals surface area contributed by atoms with Crippen molar-refractivity contribution in [2.45, 2.75) is 37.8 Å². The van der Waals surface area contributed by atoms with Crippen molar-refractivity contribution in [3.63, 3.8) is 0 Å². The topological polar surface area (TPSA) is 108 Å². The van der Waals surface area contributed by atoms with E-state index in [0.717, 1.165) is 17.8 Å². The van der Waals surface area contributed by atoms with Gasteiger partial charge in [-0.05, 0) is 61.3 Å². The van der Waals surface area contributed by atoms with E-state index in [1.165, 1.54) is 0 Å². The standard InChI is InChI=1S/C21H22F6N4O3S/c22-20(23,24)13-2-1-12(14(8-13)21(25,26)27)9-31-5-3-11(4-6-31)7-16-18(30-19(34)35-16)29-15(10-32)17(28)33/h1-2,7-8,11,15,32H,3-6,9-10H2,(H2,28,33)(H,29,30,34)/t15-/m0/s1. The number of rotatable bonds is 6. The maximum absolute atomic E-state index is 13.4. The molecule has 7 nitrogen and oxygen atoms in total. The number of alkyl halides is 6. The number of likely N-dealkylation sites (tertiary alicyclic amines) is 1. The van der Waals surface area contributed by atoms with Crippen molar-refractivity contribution < 1.29 is 41.0 Å². The smallest absolute Gasteiger partial charge is 0.394 e. The third-order valence-electron chi connectivity index (χ3n) is 5.60. The summed E-state index contributed by atoms with van der Waals surface area (Å²) in [5.41, 5.74) is 2.26. The number of aliphatic hydroxyl groups is 1. The van der Waals surface area contributed by atoms with Gasteiger partial charge in [-0.2, -0.15) is 26.3 Å². The molecule has 0 bridgehead atoms. The largest absolute Gasteiger partial charge is 0.416 e. The summed E-state index contributed by atoms with van der Waals surface area (Å²) in [5.74, 6) is -0.803. The number of thioether (sulfide) groups is 1. The number of amides is 2. The Morgan fingerprint density at radius 2 is 1.89 bits per heavy atom. The van der Waals surface area contributed by atoms with Gasteiger partial charge in [0, 0.05) is 6.54 Å². The van der Waals surface area contributed by atoms with Crippen molar-refractivity contribution in [2.24, 2.45) is 16.6 Å². The summed E-state index contributed by atoms with van der Waals surface area (Å²) < 4.78 is 78.9. The lowest BCUT2D eigenvalue weighted by atomic mass is 9.95. The Morgan fingerprint density at radius 3 is 2.43 bits per heavy atom. The van der Waals surface area contributed by atoms with Crippen LogP contribution in [0.4, 0.5) is 31.1 Å². The number of primary amides is 1. The Hall–Kier alpha value is -2.58. The van der Waals surface area contributed by atoms with Gasteiger partial charge in [0.25, 0.3) is 5.24 Å². The SMILES string of the molecule is NC(=O)[C@H](CO)N=C1NC(=O)SC1=CC1CCN(Cc2ccc(C(F)(F)F)cc2C(F)(F)F)CC1. The minimum atomic E-state index is -4.92. The van der Waals surface area contributed by atoms with Crippen molar-refractivity contribution in [1.82, 2.24) is 10.2 Å². The summed E-state index contributed by atoms with van der Waals surface area (Å²) in [7, 11) is 0. The Kier molecular flexibility index (Phi) is 8.17. The molecule has 2 saturated heterocycles. The normalized spacial score (nSPS) is 21.5. The fraction of sp³-hybridized carbons (Fsp3) is 0.476. The summed E-state index contributed by atoms with van der Waals surface area (Å²) >= 11 is 0.859. The lowest BCUT2D eigenvalue weighted by Gasteiger charge is -2.31. The maximum atomic E-state index is 13.4. The molecule has 0 saturated carbocycles. The number of amidine groups is 1. The highest BCUT2D eigenvalue weighted by Crippen LogP contribution is 2.38. The second kappa shape index (κ2) is 10.6. The van der Waals surface area contributed by atoms with Gasteiger partial charge in [-0.3, -0.25) is 19.5 Å². The van der Waals surface area contributed by atoms with Crippen LogP contribution in [0.2, 0.25) is 0 Å². The molecule has 14 heteroatoms. The molecule has 0 aliphatic carbocycles. The molecule has 0 spiro atoms. The van der Waals surface area contributed by atoms with Crippen LogP contribution in [-0.2, 0) is 23.7 Å². The van der Waals surface area contributed by atoms with Gasteiger partial charge < -0.3 is 16.2 Å². The van der Waals surface area contributed by atoms with Crippen LogP contribution in [0.5, 0.6) is 0 Å². The summed E-state index contributed by atoms with van der Waals surface area (Å²) in [6.45, 7) is -0.0267. The van der Waals surface area contributed by atoms with Crippen molar-refractivity contribution in [2.75, 3.05) is 19.7 Å². The predicted molar refractivity (Wildman–Crippen MR) is 116 cm³/mol. The van der Waals surface area contributed by atoms with E-state index in [0.29, 0.717) is 36.9 Å². The van der Waals surface area contributed by atoms with Gasteiger partial charge in [0.15, 0.2) is 6.04 Å². The molecule has 4 N–H and O–H groups in total. The van der Waals surface area contributed by atoms with E-state index in [2.05, 4.69) is 10.3 Å². The van der Waals surface area contributed by atoms with E-state index in [4.69, 9.17) is 5.73 Å². The number of benzene rings is 1. The van der Waals surface area contributed by atoms with Gasteiger partial charge in [-0.15, -0.1) is 0 Å². The Balaban J connectivity index is 1.69. The molecule has 1 aromatic rings. The number of hydrogen-bond donors (Lipinski definition) is 3. The van der Waals surface area contributed by atoms with Gasteiger partial charge in [0.2, 0.25) is 5.91 Å². The number of piperidine rings is 1. The Labute approximate surface area is 200 Å². The van der Waals surface area contributed by atoms with Crippen LogP contribution in [0.25, 0.3) is 0 Å². The first-order valence-corrected chi connectivity index (χ1v) is 11.3. The van der Waals surface area contributed by atoms with Crippen LogP contribution in [0.1, 0.15) is 29.5 Å². The first-order valence-electron chi connectivity index (χ1n) is 10.5. The molecule has 3 rings (SSSR count). The number of aliphatic hydroxyl groups excluding tert-OH is 1. The van der Waals surface area contributed by atoms with E-state index in [9.17, 15) is 41.0 Å². The molecule has 2 aliphatic rings. The highest BCUT2D eigenvalue weighted by molar-refractivity contribution is 8.18. The summed E-state index contributed by atoms with van der Waals surface area (Å²) in [5, 5.41) is 11.3. The Bertz CT molecular complexity index is 1030. The van der Waals surface area contributed by atoms with Crippen molar-refractivity contribution in [3.8, 4) is 0 Å². The fourth-order valence-electron chi connectivity index (χ4n) is 3.78. The monoisotopic (exact) mass is 524 g/mol. The van der Waals surface area contributed by atoms with Gasteiger partial charge in [0.05, 0.1) is 22.6 Å². The molecule has 0 radical (unpaired) electrons. The van der Waals surface area contributed by atoms with Gasteiger partial charge in [-0.25, -0.2) is 0 Å². The van der Waals surface area contributed by atoms with Gasteiger partial charge in [0.1, 0.15) is 5.84 Å². The molecular formula is C21H22F6N4O3S. The molecule has 2 fully saturated rings. The van der Waals surface area contributed by atoms with Crippen LogP contribution < -0.4 is 11.1 Å². The number of allylic oxidation sites excluding steroid dienone is 1. The zero-order chi connectivity index (χ0) is 26.0. The van der Waals surface area contributed by atoms with E-state index < -0.39 is 47.3 Å². The molecular weight excluding hydrogens is 502 g/mol. The lowest BCUT2D eigenvalue weighted by molar-refractivity contribution is -0.143. The number of nitrogens with two attached hydrogens (primary N) is 1. The van der Waals surface area contributed by atoms with Crippen LogP contribution >= 0.6 is 11.8 Å². The number of carbonyl (C=O) groups excluding carboxylic acids is 2. The molecule has 2 heterocycles. The third-order valence-corrected chi connectivity index (χ3v) is 6.44. The van der Waals surface area contributed by atoms with Crippen LogP contribution in [0.15, 0.2) is 34.2 Å². The average molecular weight is 524 g/mol. The second-order valence-corrected chi connectivity index (χ2v) is 9.12. The number of halogens is 6. The fourth-order valence-corrected chi connectivity index (χ4v) is 4.59.